The molecule has 0 radical (unpaired) electrons. The van der Waals surface area contributed by atoms with Gasteiger partial charge in [-0.2, -0.15) is 0 Å². The van der Waals surface area contributed by atoms with Crippen molar-refractivity contribution < 1.29 is 0 Å². The summed E-state index contributed by atoms with van der Waals surface area (Å²) in [4.78, 5) is 3.78. The van der Waals surface area contributed by atoms with Gasteiger partial charge < -0.3 is 11.5 Å². The van der Waals surface area contributed by atoms with Crippen LogP contribution in [0.25, 0.3) is 0 Å². The predicted octanol–water partition coefficient (Wildman–Crippen LogP) is 0.279. The molecular formula is C5H12ClN3. The number of nitrogens with two attached hydrogens (primary N) is 2. The fraction of sp³-hybridized carbons (Fsp3) is 0.800. The van der Waals surface area contributed by atoms with Gasteiger partial charge in [-0.05, 0) is 12.8 Å². The fourth-order valence-electron chi connectivity index (χ4n) is 0.414. The van der Waals surface area contributed by atoms with E-state index in [0.717, 1.165) is 12.8 Å². The predicted molar refractivity (Wildman–Crippen MR) is 40.6 cm³/mol. The van der Waals surface area contributed by atoms with E-state index in [0.29, 0.717) is 12.4 Å². The van der Waals surface area contributed by atoms with Gasteiger partial charge in [-0.1, -0.05) is 0 Å². The van der Waals surface area contributed by atoms with Crippen molar-refractivity contribution in [1.29, 1.82) is 0 Å². The molecule has 0 rings (SSSR count). The van der Waals surface area contributed by atoms with Crippen molar-refractivity contribution in [3.8, 4) is 0 Å². The van der Waals surface area contributed by atoms with Crippen molar-refractivity contribution in [2.45, 2.75) is 12.8 Å². The van der Waals surface area contributed by atoms with Gasteiger partial charge in [0, 0.05) is 12.4 Å². The highest BCUT2D eigenvalue weighted by molar-refractivity contribution is 6.17. The second-order valence-electron chi connectivity index (χ2n) is 1.70. The Hall–Kier alpha value is -0.440. The average molecular weight is 150 g/mol. The number of hydrogen-bond acceptors (Lipinski definition) is 1. The molecule has 9 heavy (non-hydrogen) atoms. The molecular weight excluding hydrogens is 138 g/mol. The summed E-state index contributed by atoms with van der Waals surface area (Å²) in [7, 11) is 0. The van der Waals surface area contributed by atoms with Crippen molar-refractivity contribution in [3.63, 3.8) is 0 Å². The molecule has 0 aromatic carbocycles. The van der Waals surface area contributed by atoms with E-state index in [-0.39, 0.29) is 5.96 Å². The van der Waals surface area contributed by atoms with Gasteiger partial charge in [0.2, 0.25) is 0 Å². The molecule has 0 atom stereocenters. The minimum atomic E-state index is 0.157. The first-order valence-corrected chi connectivity index (χ1v) is 3.42. The van der Waals surface area contributed by atoms with Gasteiger partial charge in [-0.3, -0.25) is 4.99 Å². The molecule has 0 aliphatic heterocycles. The lowest BCUT2D eigenvalue weighted by molar-refractivity contribution is 0.811. The summed E-state index contributed by atoms with van der Waals surface area (Å²) in [6.07, 6.45) is 1.93. The van der Waals surface area contributed by atoms with Gasteiger partial charge in [0.1, 0.15) is 0 Å². The third-order valence-corrected chi connectivity index (χ3v) is 1.10. The molecule has 0 aromatic rings. The van der Waals surface area contributed by atoms with Crippen molar-refractivity contribution in [1.82, 2.24) is 0 Å². The average Bonchev–Trinajstić information content (AvgIpc) is 1.80. The monoisotopic (exact) mass is 149 g/mol. The van der Waals surface area contributed by atoms with Gasteiger partial charge in [-0.25, -0.2) is 0 Å². The third kappa shape index (κ3) is 7.56. The maximum absolute atomic E-state index is 5.41. The highest BCUT2D eigenvalue weighted by Crippen LogP contribution is 1.90. The van der Waals surface area contributed by atoms with E-state index in [1.54, 1.807) is 0 Å². The summed E-state index contributed by atoms with van der Waals surface area (Å²) in [6, 6.07) is 0. The molecule has 0 saturated heterocycles. The van der Waals surface area contributed by atoms with E-state index in [9.17, 15) is 0 Å². The molecule has 0 aromatic heterocycles. The Labute approximate surface area is 60.1 Å². The summed E-state index contributed by atoms with van der Waals surface area (Å²) >= 11 is 5.41. The van der Waals surface area contributed by atoms with Gasteiger partial charge in [-0.15, -0.1) is 11.6 Å². The Kier molecular flexibility index (Phi) is 5.41. The van der Waals surface area contributed by atoms with Crippen LogP contribution >= 0.6 is 11.6 Å². The molecule has 0 spiro atoms. The van der Waals surface area contributed by atoms with Gasteiger partial charge in [0.05, 0.1) is 0 Å². The standard InChI is InChI=1S/C5H12ClN3/c6-3-1-2-4-9-5(7)8/h1-4H2,(H4,7,8,9). The van der Waals surface area contributed by atoms with Gasteiger partial charge in [0.15, 0.2) is 5.96 Å². The first kappa shape index (κ1) is 8.56. The molecule has 0 aliphatic rings. The maximum atomic E-state index is 5.41. The number of aliphatic imine (C=N–C) groups is 1. The molecule has 4 N–H and O–H groups in total. The summed E-state index contributed by atoms with van der Waals surface area (Å²) < 4.78 is 0. The first-order chi connectivity index (χ1) is 4.27. The Morgan fingerprint density at radius 1 is 1.33 bits per heavy atom. The number of alkyl halides is 1. The molecule has 3 nitrogen and oxygen atoms in total. The summed E-state index contributed by atoms with van der Waals surface area (Å²) in [6.45, 7) is 0.690. The molecule has 4 heteroatoms. The molecule has 0 bridgehead atoms. The van der Waals surface area contributed by atoms with Gasteiger partial charge in [0.25, 0.3) is 0 Å². The Balaban J connectivity index is 3.00. The number of halogens is 1. The normalized spacial score (nSPS) is 9.00. The van der Waals surface area contributed by atoms with Crippen molar-refractivity contribution in [3.05, 3.63) is 0 Å². The second kappa shape index (κ2) is 5.69. The molecule has 0 fully saturated rings. The molecule has 0 amide bonds. The zero-order valence-electron chi connectivity index (χ0n) is 5.31. The molecule has 0 heterocycles. The summed E-state index contributed by atoms with van der Waals surface area (Å²) in [5.41, 5.74) is 10.1. The number of unbranched alkanes of at least 4 members (excludes halogenated alkanes) is 1. The molecule has 0 unspecified atom stereocenters. The zero-order valence-corrected chi connectivity index (χ0v) is 6.06. The van der Waals surface area contributed by atoms with Gasteiger partial charge >= 0.3 is 0 Å². The van der Waals surface area contributed by atoms with E-state index >= 15 is 0 Å². The Bertz CT molecular complexity index is 88.2. The summed E-state index contributed by atoms with van der Waals surface area (Å²) in [5.74, 6) is 0.838. The SMILES string of the molecule is NC(N)=NCCCCCl. The van der Waals surface area contributed by atoms with Crippen LogP contribution in [0.2, 0.25) is 0 Å². The molecule has 0 aliphatic carbocycles. The van der Waals surface area contributed by atoms with E-state index in [1.165, 1.54) is 0 Å². The van der Waals surface area contributed by atoms with Crippen LogP contribution in [0.4, 0.5) is 0 Å². The maximum Gasteiger partial charge on any atom is 0.185 e. The van der Waals surface area contributed by atoms with Crippen LogP contribution in [0.1, 0.15) is 12.8 Å². The highest BCUT2D eigenvalue weighted by atomic mass is 35.5. The number of nitrogens with zero attached hydrogens (tertiary/aromatic N) is 1. The largest absolute Gasteiger partial charge is 0.370 e. The zero-order chi connectivity index (χ0) is 7.11. The molecule has 54 valence electrons. The lowest BCUT2D eigenvalue weighted by Gasteiger charge is -1.91. The minimum Gasteiger partial charge on any atom is -0.370 e. The molecule has 0 saturated carbocycles. The van der Waals surface area contributed by atoms with E-state index in [2.05, 4.69) is 4.99 Å². The Morgan fingerprint density at radius 2 is 2.00 bits per heavy atom. The van der Waals surface area contributed by atoms with Crippen LogP contribution in [-0.4, -0.2) is 18.4 Å². The van der Waals surface area contributed by atoms with Crippen molar-refractivity contribution in [2.24, 2.45) is 16.5 Å². The Morgan fingerprint density at radius 3 is 2.44 bits per heavy atom. The van der Waals surface area contributed by atoms with E-state index in [1.807, 2.05) is 0 Å². The van der Waals surface area contributed by atoms with Crippen LogP contribution in [0, 0.1) is 0 Å². The number of rotatable bonds is 4. The number of hydrogen-bond donors (Lipinski definition) is 2. The van der Waals surface area contributed by atoms with Crippen LogP contribution in [0.5, 0.6) is 0 Å². The van der Waals surface area contributed by atoms with Crippen LogP contribution in [-0.2, 0) is 0 Å². The van der Waals surface area contributed by atoms with Crippen molar-refractivity contribution >= 4 is 17.6 Å². The number of guanidine groups is 1. The minimum absolute atomic E-state index is 0.157. The van der Waals surface area contributed by atoms with Crippen LogP contribution in [0.15, 0.2) is 4.99 Å². The fourth-order valence-corrected chi connectivity index (χ4v) is 0.603. The third-order valence-electron chi connectivity index (χ3n) is 0.836. The quantitative estimate of drug-likeness (QED) is 0.261. The second-order valence-corrected chi connectivity index (χ2v) is 2.08. The van der Waals surface area contributed by atoms with Crippen LogP contribution < -0.4 is 11.5 Å². The van der Waals surface area contributed by atoms with Crippen LogP contribution in [0.3, 0.4) is 0 Å². The van der Waals surface area contributed by atoms with Crippen molar-refractivity contribution in [2.75, 3.05) is 12.4 Å². The first-order valence-electron chi connectivity index (χ1n) is 2.88. The highest BCUT2D eigenvalue weighted by Gasteiger charge is 1.83. The lowest BCUT2D eigenvalue weighted by atomic mass is 10.3. The summed E-state index contributed by atoms with van der Waals surface area (Å²) in [5, 5.41) is 0. The topological polar surface area (TPSA) is 64.4 Å². The lowest BCUT2D eigenvalue weighted by Crippen LogP contribution is -2.22. The van der Waals surface area contributed by atoms with E-state index in [4.69, 9.17) is 23.1 Å². The smallest absolute Gasteiger partial charge is 0.185 e. The van der Waals surface area contributed by atoms with E-state index < -0.39 is 0 Å².